The molecule has 2 aromatic heterocycles. The van der Waals surface area contributed by atoms with Crippen molar-refractivity contribution in [1.29, 1.82) is 0 Å². The van der Waals surface area contributed by atoms with Crippen LogP contribution < -0.4 is 0 Å². The van der Waals surface area contributed by atoms with E-state index >= 15 is 0 Å². The molecule has 5 heteroatoms. The van der Waals surface area contributed by atoms with Crippen LogP contribution in [0.4, 0.5) is 0 Å². The molecule has 0 unspecified atom stereocenters. The summed E-state index contributed by atoms with van der Waals surface area (Å²) in [7, 11) is 0. The summed E-state index contributed by atoms with van der Waals surface area (Å²) >= 11 is 1.69. The topological polar surface area (TPSA) is 38.1 Å². The Morgan fingerprint density at radius 1 is 1.16 bits per heavy atom. The molecule has 0 aliphatic carbocycles. The summed E-state index contributed by atoms with van der Waals surface area (Å²) in [5.74, 6) is 6.64. The molecule has 0 spiro atoms. The molecular formula is C20H15N3OS. The van der Waals surface area contributed by atoms with Crippen molar-refractivity contribution in [3.63, 3.8) is 0 Å². The second-order valence-electron chi connectivity index (χ2n) is 6.30. The van der Waals surface area contributed by atoms with E-state index in [0.717, 1.165) is 29.3 Å². The van der Waals surface area contributed by atoms with Crippen LogP contribution in [0.3, 0.4) is 0 Å². The molecule has 2 aliphatic heterocycles. The first-order chi connectivity index (χ1) is 12.3. The highest BCUT2D eigenvalue weighted by Crippen LogP contribution is 2.39. The molecule has 1 saturated heterocycles. The van der Waals surface area contributed by atoms with Crippen LogP contribution in [0.5, 0.6) is 0 Å². The fraction of sp³-hybridized carbons (Fsp3) is 0.200. The smallest absolute Gasteiger partial charge is 0.157 e. The van der Waals surface area contributed by atoms with E-state index in [2.05, 4.69) is 37.7 Å². The van der Waals surface area contributed by atoms with E-state index in [1.807, 2.05) is 36.7 Å². The second kappa shape index (κ2) is 5.69. The van der Waals surface area contributed by atoms with E-state index in [0.29, 0.717) is 12.1 Å². The van der Waals surface area contributed by atoms with Gasteiger partial charge in [-0.25, -0.2) is 4.98 Å². The maximum atomic E-state index is 12.6. The third kappa shape index (κ3) is 2.34. The van der Waals surface area contributed by atoms with E-state index in [-0.39, 0.29) is 11.8 Å². The largest absolute Gasteiger partial charge is 0.297 e. The first kappa shape index (κ1) is 14.6. The number of Topliss-reactive ketones (excluding diaryl/α,β-unsaturated/α-hetero) is 1. The lowest BCUT2D eigenvalue weighted by Crippen LogP contribution is -2.25. The maximum absolute atomic E-state index is 12.6. The Hall–Kier alpha value is -2.68. The molecule has 3 aromatic rings. The van der Waals surface area contributed by atoms with E-state index in [9.17, 15) is 4.79 Å². The summed E-state index contributed by atoms with van der Waals surface area (Å²) in [6, 6.07) is 11.8. The molecule has 0 amide bonds. The maximum Gasteiger partial charge on any atom is 0.157 e. The van der Waals surface area contributed by atoms with Crippen molar-refractivity contribution in [1.82, 2.24) is 14.5 Å². The van der Waals surface area contributed by atoms with Gasteiger partial charge in [-0.15, -0.1) is 11.3 Å². The number of ketones is 1. The second-order valence-corrected chi connectivity index (χ2v) is 7.20. The fourth-order valence-electron chi connectivity index (χ4n) is 3.63. The summed E-state index contributed by atoms with van der Waals surface area (Å²) in [6.07, 6.45) is 2.41. The van der Waals surface area contributed by atoms with Crippen molar-refractivity contribution >= 4 is 17.1 Å². The van der Waals surface area contributed by atoms with Crippen LogP contribution >= 0.6 is 11.3 Å². The predicted octanol–water partition coefficient (Wildman–Crippen LogP) is 3.16. The summed E-state index contributed by atoms with van der Waals surface area (Å²) < 4.78 is 2.07. The highest BCUT2D eigenvalue weighted by molar-refractivity contribution is 7.12. The Morgan fingerprint density at radius 3 is 2.92 bits per heavy atom. The minimum atomic E-state index is -0.234. The van der Waals surface area contributed by atoms with Gasteiger partial charge in [0.2, 0.25) is 0 Å². The number of hydrogen-bond acceptors (Lipinski definition) is 4. The van der Waals surface area contributed by atoms with Gasteiger partial charge in [0.25, 0.3) is 0 Å². The van der Waals surface area contributed by atoms with Crippen LogP contribution in [0.1, 0.15) is 35.0 Å². The Bertz CT molecular complexity index is 1020. The predicted molar refractivity (Wildman–Crippen MR) is 96.6 cm³/mol. The molecular weight excluding hydrogens is 330 g/mol. The molecule has 0 bridgehead atoms. The number of carbonyl (C=O) groups excluding carboxylic acids is 1. The van der Waals surface area contributed by atoms with Crippen LogP contribution in [-0.4, -0.2) is 26.8 Å². The number of fused-ring (bicyclic) bond motifs is 5. The van der Waals surface area contributed by atoms with Crippen molar-refractivity contribution in [2.24, 2.45) is 0 Å². The van der Waals surface area contributed by atoms with Gasteiger partial charge >= 0.3 is 0 Å². The van der Waals surface area contributed by atoms with Crippen LogP contribution in [-0.2, 0) is 11.3 Å². The SMILES string of the molecule is O=C1CCN2Cc3ccsc3-n3cnc(C#Cc4ccccc4)c3[C@@H]12. The number of imidazole rings is 1. The average Bonchev–Trinajstić information content (AvgIpc) is 3.32. The summed E-state index contributed by atoms with van der Waals surface area (Å²) in [6.45, 7) is 1.61. The number of aromatic nitrogens is 2. The van der Waals surface area contributed by atoms with Gasteiger partial charge in [0, 0.05) is 30.6 Å². The number of carbonyl (C=O) groups is 1. The van der Waals surface area contributed by atoms with E-state index in [1.54, 1.807) is 11.3 Å². The van der Waals surface area contributed by atoms with E-state index in [1.165, 1.54) is 5.56 Å². The van der Waals surface area contributed by atoms with E-state index < -0.39 is 0 Å². The van der Waals surface area contributed by atoms with Crippen molar-refractivity contribution < 1.29 is 4.79 Å². The molecule has 4 nitrogen and oxygen atoms in total. The highest BCUT2D eigenvalue weighted by Gasteiger charge is 2.40. The fourth-order valence-corrected chi connectivity index (χ4v) is 4.53. The molecule has 1 aromatic carbocycles. The monoisotopic (exact) mass is 345 g/mol. The minimum absolute atomic E-state index is 0.234. The molecule has 25 heavy (non-hydrogen) atoms. The molecule has 122 valence electrons. The van der Waals surface area contributed by atoms with Crippen LogP contribution in [0.15, 0.2) is 48.1 Å². The van der Waals surface area contributed by atoms with Gasteiger partial charge in [-0.2, -0.15) is 0 Å². The number of hydrogen-bond donors (Lipinski definition) is 0. The summed E-state index contributed by atoms with van der Waals surface area (Å²) in [5.41, 5.74) is 3.83. The standard InChI is InChI=1S/C20H15N3OS/c24-17-8-10-22-12-15-9-11-25-20(15)23-13-21-16(18(23)19(17)22)7-6-14-4-2-1-3-5-14/h1-5,9,11,13,19H,8,10,12H2/t19-/m1/s1. The van der Waals surface area contributed by atoms with Gasteiger partial charge in [-0.1, -0.05) is 24.1 Å². The Morgan fingerprint density at radius 2 is 2.04 bits per heavy atom. The molecule has 1 fully saturated rings. The van der Waals surface area contributed by atoms with E-state index in [4.69, 9.17) is 0 Å². The molecule has 2 aliphatic rings. The number of benzene rings is 1. The molecule has 0 radical (unpaired) electrons. The lowest BCUT2D eigenvalue weighted by molar-refractivity contribution is -0.120. The number of nitrogens with zero attached hydrogens (tertiary/aromatic N) is 3. The van der Waals surface area contributed by atoms with Gasteiger partial charge in [-0.3, -0.25) is 14.3 Å². The lowest BCUT2D eigenvalue weighted by atomic mass is 10.1. The zero-order valence-corrected chi connectivity index (χ0v) is 14.3. The summed E-state index contributed by atoms with van der Waals surface area (Å²) in [5, 5.41) is 3.25. The zero-order chi connectivity index (χ0) is 16.8. The quantitative estimate of drug-likeness (QED) is 0.588. The van der Waals surface area contributed by atoms with Crippen molar-refractivity contribution in [3.05, 3.63) is 70.6 Å². The van der Waals surface area contributed by atoms with Gasteiger partial charge < -0.3 is 0 Å². The van der Waals surface area contributed by atoms with Gasteiger partial charge in [0.15, 0.2) is 5.78 Å². The van der Waals surface area contributed by atoms with Crippen molar-refractivity contribution in [3.8, 4) is 16.8 Å². The Balaban J connectivity index is 1.68. The third-order valence-electron chi connectivity index (χ3n) is 4.79. The zero-order valence-electron chi connectivity index (χ0n) is 13.5. The van der Waals surface area contributed by atoms with Crippen LogP contribution in [0.25, 0.3) is 5.00 Å². The average molecular weight is 345 g/mol. The normalized spacial score (nSPS) is 18.7. The third-order valence-corrected chi connectivity index (χ3v) is 5.75. The molecule has 0 saturated carbocycles. The van der Waals surface area contributed by atoms with Gasteiger partial charge in [0.05, 0.1) is 5.69 Å². The molecule has 1 atom stereocenters. The lowest BCUT2D eigenvalue weighted by Gasteiger charge is -2.20. The van der Waals surface area contributed by atoms with Gasteiger partial charge in [0.1, 0.15) is 23.1 Å². The Labute approximate surface area is 149 Å². The van der Waals surface area contributed by atoms with Crippen molar-refractivity contribution in [2.45, 2.75) is 19.0 Å². The highest BCUT2D eigenvalue weighted by atomic mass is 32.1. The summed E-state index contributed by atoms with van der Waals surface area (Å²) in [4.78, 5) is 19.4. The number of rotatable bonds is 0. The minimum Gasteiger partial charge on any atom is -0.297 e. The van der Waals surface area contributed by atoms with Crippen molar-refractivity contribution in [2.75, 3.05) is 6.54 Å². The van der Waals surface area contributed by atoms with Crippen LogP contribution in [0.2, 0.25) is 0 Å². The molecule has 4 heterocycles. The molecule has 5 rings (SSSR count). The molecule has 0 N–H and O–H groups in total. The van der Waals surface area contributed by atoms with Crippen LogP contribution in [0, 0.1) is 11.8 Å². The Kier molecular flexibility index (Phi) is 3.34. The van der Waals surface area contributed by atoms with Gasteiger partial charge in [-0.05, 0) is 29.5 Å². The number of thiophene rings is 1. The first-order valence-electron chi connectivity index (χ1n) is 8.29. The first-order valence-corrected chi connectivity index (χ1v) is 9.17.